The van der Waals surface area contributed by atoms with Gasteiger partial charge in [0.05, 0.1) is 7.11 Å². The minimum Gasteiger partial charge on any atom is -0.493 e. The van der Waals surface area contributed by atoms with Crippen LogP contribution in [-0.2, 0) is 24.4 Å². The zero-order chi connectivity index (χ0) is 25.6. The fraction of sp³-hybridized carbons (Fsp3) is 0.219. The number of ether oxygens (including phenoxy) is 2. The molecule has 0 bridgehead atoms. The van der Waals surface area contributed by atoms with E-state index in [9.17, 15) is 9.90 Å². The number of carbonyl (C=O) groups is 1. The fourth-order valence-electron chi connectivity index (χ4n) is 5.16. The van der Waals surface area contributed by atoms with Gasteiger partial charge < -0.3 is 14.6 Å². The number of hydrogen-bond acceptors (Lipinski definition) is 4. The molecular formula is C32H31NO4. The van der Waals surface area contributed by atoms with E-state index in [0.29, 0.717) is 37.6 Å². The molecule has 4 aromatic carbocycles. The molecule has 0 spiro atoms. The van der Waals surface area contributed by atoms with E-state index in [1.165, 1.54) is 11.1 Å². The lowest BCUT2D eigenvalue weighted by Gasteiger charge is -2.37. The second-order valence-corrected chi connectivity index (χ2v) is 9.37. The first kappa shape index (κ1) is 24.6. The third kappa shape index (κ3) is 5.52. The molecular weight excluding hydrogens is 462 g/mol. The zero-order valence-electron chi connectivity index (χ0n) is 20.9. The molecule has 0 radical (unpaired) electrons. The molecule has 1 N–H and O–H groups in total. The third-order valence-corrected chi connectivity index (χ3v) is 7.09. The molecule has 0 fully saturated rings. The Bertz CT molecular complexity index is 1290. The molecule has 5 rings (SSSR count). The second-order valence-electron chi connectivity index (χ2n) is 9.37. The van der Waals surface area contributed by atoms with Crippen molar-refractivity contribution in [3.8, 4) is 11.5 Å². The van der Waals surface area contributed by atoms with Gasteiger partial charge in [-0.1, -0.05) is 97.1 Å². The maximum absolute atomic E-state index is 12.6. The van der Waals surface area contributed by atoms with Crippen LogP contribution >= 0.6 is 0 Å². The lowest BCUT2D eigenvalue weighted by Crippen LogP contribution is -2.47. The van der Waals surface area contributed by atoms with Crippen molar-refractivity contribution in [1.82, 2.24) is 4.90 Å². The van der Waals surface area contributed by atoms with Crippen molar-refractivity contribution in [3.05, 3.63) is 131 Å². The number of methoxy groups -OCH3 is 1. The molecule has 1 heterocycles. The zero-order valence-corrected chi connectivity index (χ0v) is 20.9. The first-order valence-electron chi connectivity index (χ1n) is 12.6. The quantitative estimate of drug-likeness (QED) is 0.314. The van der Waals surface area contributed by atoms with E-state index in [-0.39, 0.29) is 5.92 Å². The average molecular weight is 494 g/mol. The molecule has 5 heteroatoms. The summed E-state index contributed by atoms with van der Waals surface area (Å²) in [5.74, 6) is 0.483. The summed E-state index contributed by atoms with van der Waals surface area (Å²) in [6.45, 7) is 1.50. The summed E-state index contributed by atoms with van der Waals surface area (Å²) in [5.41, 5.74) is 5.37. The first-order valence-corrected chi connectivity index (χ1v) is 12.6. The minimum atomic E-state index is -0.831. The van der Waals surface area contributed by atoms with Crippen LogP contribution in [0.1, 0.15) is 33.7 Å². The number of rotatable bonds is 9. The van der Waals surface area contributed by atoms with Gasteiger partial charge in [-0.15, -0.1) is 0 Å². The van der Waals surface area contributed by atoms with Crippen LogP contribution in [0.25, 0.3) is 0 Å². The highest BCUT2D eigenvalue weighted by atomic mass is 16.5. The Hall–Kier alpha value is -4.09. The summed E-state index contributed by atoms with van der Waals surface area (Å²) in [4.78, 5) is 14.6. The molecule has 1 aliphatic heterocycles. The van der Waals surface area contributed by atoms with E-state index in [4.69, 9.17) is 9.47 Å². The number of carboxylic acid groups (broad SMARTS) is 1. The summed E-state index contributed by atoms with van der Waals surface area (Å²) in [7, 11) is 1.62. The number of benzene rings is 4. The Morgan fingerprint density at radius 2 is 1.49 bits per heavy atom. The van der Waals surface area contributed by atoms with Crippen molar-refractivity contribution in [1.29, 1.82) is 0 Å². The Labute approximate surface area is 217 Å². The lowest BCUT2D eigenvalue weighted by molar-refractivity contribution is -0.144. The molecule has 0 saturated heterocycles. The third-order valence-electron chi connectivity index (χ3n) is 7.09. The molecule has 1 unspecified atom stereocenters. The van der Waals surface area contributed by atoms with Gasteiger partial charge in [-0.05, 0) is 28.3 Å². The van der Waals surface area contributed by atoms with E-state index >= 15 is 0 Å². The molecule has 4 aromatic rings. The molecule has 1 atom stereocenters. The molecule has 0 amide bonds. The van der Waals surface area contributed by atoms with Gasteiger partial charge in [-0.3, -0.25) is 9.69 Å². The van der Waals surface area contributed by atoms with E-state index in [0.717, 1.165) is 16.7 Å². The number of fused-ring (bicyclic) bond motifs is 1. The van der Waals surface area contributed by atoms with Gasteiger partial charge in [-0.25, -0.2) is 0 Å². The Morgan fingerprint density at radius 3 is 2.05 bits per heavy atom. The number of carboxylic acids is 1. The minimum absolute atomic E-state index is 0.0536. The normalized spacial score (nSPS) is 15.2. The maximum Gasteiger partial charge on any atom is 0.321 e. The average Bonchev–Trinajstić information content (AvgIpc) is 2.95. The fourth-order valence-corrected chi connectivity index (χ4v) is 5.16. The van der Waals surface area contributed by atoms with E-state index < -0.39 is 12.0 Å². The largest absolute Gasteiger partial charge is 0.493 e. The first-order chi connectivity index (χ1) is 18.1. The summed E-state index contributed by atoms with van der Waals surface area (Å²) < 4.78 is 11.9. The lowest BCUT2D eigenvalue weighted by atomic mass is 9.87. The molecule has 5 nitrogen and oxygen atoms in total. The predicted octanol–water partition coefficient (Wildman–Crippen LogP) is 5.92. The predicted molar refractivity (Wildman–Crippen MR) is 144 cm³/mol. The standard InChI is InChI=1S/C32H31NO4/c1-36-30-18-17-26-20-33(21-28(24-13-7-3-8-14-24)25-15-9-4-10-16-25)29(32(34)35)19-27(26)31(30)37-22-23-11-5-2-6-12-23/h2-18,28-29H,19-22H2,1H3,(H,34,35). The second kappa shape index (κ2) is 11.3. The van der Waals surface area contributed by atoms with Crippen LogP contribution < -0.4 is 9.47 Å². The van der Waals surface area contributed by atoms with Crippen LogP contribution in [0.3, 0.4) is 0 Å². The summed E-state index contributed by atoms with van der Waals surface area (Å²) in [6, 6.07) is 33.9. The molecule has 0 saturated carbocycles. The topological polar surface area (TPSA) is 59.0 Å². The van der Waals surface area contributed by atoms with Crippen molar-refractivity contribution in [2.75, 3.05) is 13.7 Å². The number of aliphatic carboxylic acids is 1. The van der Waals surface area contributed by atoms with Crippen molar-refractivity contribution < 1.29 is 19.4 Å². The molecule has 188 valence electrons. The van der Waals surface area contributed by atoms with Crippen molar-refractivity contribution in [2.24, 2.45) is 0 Å². The molecule has 1 aliphatic rings. The summed E-state index contributed by atoms with van der Waals surface area (Å²) in [5, 5.41) is 10.3. The Balaban J connectivity index is 1.47. The van der Waals surface area contributed by atoms with E-state index in [1.807, 2.05) is 78.9 Å². The van der Waals surface area contributed by atoms with Gasteiger partial charge in [0, 0.05) is 31.0 Å². The van der Waals surface area contributed by atoms with Crippen molar-refractivity contribution in [2.45, 2.75) is 31.5 Å². The van der Waals surface area contributed by atoms with Crippen LogP contribution in [0.2, 0.25) is 0 Å². The van der Waals surface area contributed by atoms with Crippen LogP contribution in [0, 0.1) is 0 Å². The highest BCUT2D eigenvalue weighted by Crippen LogP contribution is 2.40. The SMILES string of the molecule is COc1ccc2c(c1OCc1ccccc1)CC(C(=O)O)N(CC(c1ccccc1)c1ccccc1)C2. The Morgan fingerprint density at radius 1 is 0.892 bits per heavy atom. The smallest absolute Gasteiger partial charge is 0.321 e. The Kier molecular flexibility index (Phi) is 7.52. The molecule has 0 aromatic heterocycles. The number of hydrogen-bond donors (Lipinski definition) is 1. The van der Waals surface area contributed by atoms with Gasteiger partial charge >= 0.3 is 5.97 Å². The van der Waals surface area contributed by atoms with Gasteiger partial charge in [0.25, 0.3) is 0 Å². The highest BCUT2D eigenvalue weighted by Gasteiger charge is 2.35. The van der Waals surface area contributed by atoms with Crippen LogP contribution in [-0.4, -0.2) is 35.7 Å². The van der Waals surface area contributed by atoms with Gasteiger partial charge in [0.1, 0.15) is 12.6 Å². The van der Waals surface area contributed by atoms with Gasteiger partial charge in [0.15, 0.2) is 11.5 Å². The van der Waals surface area contributed by atoms with Crippen LogP contribution in [0.4, 0.5) is 0 Å². The van der Waals surface area contributed by atoms with Crippen LogP contribution in [0.15, 0.2) is 103 Å². The molecule has 0 aliphatic carbocycles. The van der Waals surface area contributed by atoms with Crippen LogP contribution in [0.5, 0.6) is 11.5 Å². The van der Waals surface area contributed by atoms with E-state index in [1.54, 1.807) is 7.11 Å². The van der Waals surface area contributed by atoms with Gasteiger partial charge in [0.2, 0.25) is 0 Å². The summed E-state index contributed by atoms with van der Waals surface area (Å²) in [6.07, 6.45) is 0.349. The maximum atomic E-state index is 12.6. The summed E-state index contributed by atoms with van der Waals surface area (Å²) >= 11 is 0. The van der Waals surface area contributed by atoms with Gasteiger partial charge in [-0.2, -0.15) is 0 Å². The monoisotopic (exact) mass is 493 g/mol. The number of nitrogens with zero attached hydrogens (tertiary/aromatic N) is 1. The van der Waals surface area contributed by atoms with E-state index in [2.05, 4.69) is 29.2 Å². The van der Waals surface area contributed by atoms with Crippen molar-refractivity contribution >= 4 is 5.97 Å². The van der Waals surface area contributed by atoms with Crippen molar-refractivity contribution in [3.63, 3.8) is 0 Å². The molecule has 37 heavy (non-hydrogen) atoms. The highest BCUT2D eigenvalue weighted by molar-refractivity contribution is 5.75.